The number of hydrogen-bond donors (Lipinski definition) is 2. The molecule has 0 aromatic heterocycles. The van der Waals surface area contributed by atoms with Gasteiger partial charge in [-0.15, -0.1) is 0 Å². The van der Waals surface area contributed by atoms with E-state index in [0.29, 0.717) is 32.0 Å². The van der Waals surface area contributed by atoms with Crippen molar-refractivity contribution >= 4 is 29.8 Å². The molecule has 3 N–H and O–H groups in total. The van der Waals surface area contributed by atoms with Gasteiger partial charge in [0.15, 0.2) is 5.96 Å². The number of aliphatic imine (C=N–C) groups is 1. The third-order valence-electron chi connectivity index (χ3n) is 11.9. The van der Waals surface area contributed by atoms with Gasteiger partial charge in [0.1, 0.15) is 11.6 Å². The minimum Gasteiger partial charge on any atom is -0.481 e. The number of carbonyl (C=O) groups is 4. The first kappa shape index (κ1) is 52.2. The van der Waals surface area contributed by atoms with Crippen molar-refractivity contribution in [2.75, 3.05) is 69.1 Å². The third-order valence-corrected chi connectivity index (χ3v) is 11.9. The molecule has 1 aliphatic rings. The van der Waals surface area contributed by atoms with Crippen LogP contribution in [0.25, 0.3) is 0 Å². The Morgan fingerprint density at radius 2 is 1.55 bits per heavy atom. The maximum Gasteiger partial charge on any atom is 0.410 e. The molecule has 15 nitrogen and oxygen atoms in total. The van der Waals surface area contributed by atoms with E-state index >= 15 is 0 Å². The van der Waals surface area contributed by atoms with Gasteiger partial charge >= 0.3 is 12.1 Å². The van der Waals surface area contributed by atoms with Crippen LogP contribution < -0.4 is 5.73 Å². The molecule has 1 fully saturated rings. The Bertz CT molecular complexity index is 1540. The molecule has 1 aliphatic heterocycles. The highest BCUT2D eigenvalue weighted by Gasteiger charge is 2.44. The predicted octanol–water partition coefficient (Wildman–Crippen LogP) is 4.92. The number of carboxylic acids is 1. The van der Waals surface area contributed by atoms with Crippen LogP contribution in [-0.2, 0) is 35.0 Å². The molecule has 60 heavy (non-hydrogen) atoms. The van der Waals surface area contributed by atoms with Gasteiger partial charge in [0, 0.05) is 81.1 Å². The van der Waals surface area contributed by atoms with Gasteiger partial charge in [-0.1, -0.05) is 71.4 Å². The second kappa shape index (κ2) is 23.9. The predicted molar refractivity (Wildman–Crippen MR) is 237 cm³/mol. The van der Waals surface area contributed by atoms with Crippen molar-refractivity contribution in [3.8, 4) is 0 Å². The maximum atomic E-state index is 14.6. The van der Waals surface area contributed by atoms with Crippen molar-refractivity contribution in [1.82, 2.24) is 24.5 Å². The fourth-order valence-corrected chi connectivity index (χ4v) is 8.24. The number of guanidine groups is 1. The number of likely N-dealkylation sites (N-methyl/N-ethyl adjacent to an activating group) is 3. The number of nitrogens with zero attached hydrogens (tertiary/aromatic N) is 6. The first-order valence-electron chi connectivity index (χ1n) is 21.5. The average molecular weight is 846 g/mol. The number of likely N-dealkylation sites (tertiary alicyclic amines) is 1. The Kier molecular flexibility index (Phi) is 20.8. The largest absolute Gasteiger partial charge is 0.481 e. The molecule has 1 aromatic rings. The molecular formula is C45H79N7O8. The third kappa shape index (κ3) is 14.6. The fourth-order valence-electron chi connectivity index (χ4n) is 8.24. The summed E-state index contributed by atoms with van der Waals surface area (Å²) in [5, 5.41) is 10.2. The Hall–Kier alpha value is -3.95. The van der Waals surface area contributed by atoms with Crippen LogP contribution in [-0.4, -0.2) is 171 Å². The van der Waals surface area contributed by atoms with Gasteiger partial charge in [0.25, 0.3) is 0 Å². The van der Waals surface area contributed by atoms with Crippen LogP contribution in [0.1, 0.15) is 86.6 Å². The molecule has 0 aliphatic carbocycles. The van der Waals surface area contributed by atoms with Crippen LogP contribution in [0.3, 0.4) is 0 Å². The quantitative estimate of drug-likeness (QED) is 0.127. The van der Waals surface area contributed by atoms with E-state index in [1.165, 1.54) is 4.90 Å². The summed E-state index contributed by atoms with van der Waals surface area (Å²) in [5.74, 6) is -2.09. The molecule has 3 amide bonds. The molecule has 1 heterocycles. The van der Waals surface area contributed by atoms with Crippen molar-refractivity contribution < 1.29 is 38.5 Å². The number of nitrogens with two attached hydrogens (primary N) is 1. The van der Waals surface area contributed by atoms with Gasteiger partial charge in [0.05, 0.1) is 36.6 Å². The van der Waals surface area contributed by atoms with Crippen LogP contribution in [0.5, 0.6) is 0 Å². The van der Waals surface area contributed by atoms with E-state index in [9.17, 15) is 24.3 Å². The number of rotatable bonds is 21. The van der Waals surface area contributed by atoms with Crippen LogP contribution in [0.4, 0.5) is 4.79 Å². The van der Waals surface area contributed by atoms with Crippen molar-refractivity contribution in [3.63, 3.8) is 0 Å². The highest BCUT2D eigenvalue weighted by atomic mass is 16.6. The van der Waals surface area contributed by atoms with Gasteiger partial charge in [-0.05, 0) is 57.4 Å². The van der Waals surface area contributed by atoms with E-state index < -0.39 is 53.9 Å². The summed E-state index contributed by atoms with van der Waals surface area (Å²) < 4.78 is 17.7. The molecule has 0 spiro atoms. The van der Waals surface area contributed by atoms with E-state index in [2.05, 4.69) is 13.8 Å². The van der Waals surface area contributed by atoms with Gasteiger partial charge in [-0.25, -0.2) is 9.79 Å². The van der Waals surface area contributed by atoms with Gasteiger partial charge in [0.2, 0.25) is 11.8 Å². The summed E-state index contributed by atoms with van der Waals surface area (Å²) in [6.45, 7) is 16.8. The minimum atomic E-state index is -0.969. The molecule has 342 valence electrons. The Labute approximate surface area is 360 Å². The summed E-state index contributed by atoms with van der Waals surface area (Å²) in [5.41, 5.74) is 7.02. The van der Waals surface area contributed by atoms with Crippen LogP contribution in [0, 0.1) is 23.7 Å². The average Bonchev–Trinajstić information content (AvgIpc) is 3.67. The van der Waals surface area contributed by atoms with Gasteiger partial charge in [-0.2, -0.15) is 0 Å². The number of amides is 3. The lowest BCUT2D eigenvalue weighted by Gasteiger charge is -2.41. The molecule has 1 saturated heterocycles. The summed E-state index contributed by atoms with van der Waals surface area (Å²) >= 11 is 0. The number of hydrogen-bond acceptors (Lipinski definition) is 9. The van der Waals surface area contributed by atoms with Crippen LogP contribution in [0.15, 0.2) is 35.3 Å². The normalized spacial score (nSPS) is 18.8. The lowest BCUT2D eigenvalue weighted by molar-refractivity contribution is -0.147. The zero-order valence-electron chi connectivity index (χ0n) is 39.4. The zero-order chi connectivity index (χ0) is 45.6. The van der Waals surface area contributed by atoms with Gasteiger partial charge in [-0.3, -0.25) is 14.4 Å². The van der Waals surface area contributed by atoms with Crippen molar-refractivity contribution in [2.24, 2.45) is 34.4 Å². The summed E-state index contributed by atoms with van der Waals surface area (Å²) in [7, 11) is 12.3. The zero-order valence-corrected chi connectivity index (χ0v) is 39.4. The molecule has 0 radical (unpaired) electrons. The number of ether oxygens (including phenoxy) is 3. The van der Waals surface area contributed by atoms with E-state index in [1.807, 2.05) is 108 Å². The van der Waals surface area contributed by atoms with E-state index in [4.69, 9.17) is 24.9 Å². The lowest BCUT2D eigenvalue weighted by atomic mass is 9.80. The van der Waals surface area contributed by atoms with E-state index in [0.717, 1.165) is 18.4 Å². The van der Waals surface area contributed by atoms with Crippen LogP contribution >= 0.6 is 0 Å². The maximum absolute atomic E-state index is 14.6. The lowest BCUT2D eigenvalue weighted by Crippen LogP contribution is -2.55. The molecule has 0 bridgehead atoms. The van der Waals surface area contributed by atoms with Gasteiger partial charge < -0.3 is 49.6 Å². The highest BCUT2D eigenvalue weighted by molar-refractivity contribution is 5.87. The topological polar surface area (TPSA) is 171 Å². The number of carboxylic acid groups (broad SMARTS) is 1. The Morgan fingerprint density at radius 3 is 2.05 bits per heavy atom. The summed E-state index contributed by atoms with van der Waals surface area (Å²) in [6.07, 6.45) is 0.985. The molecule has 15 heteroatoms. The monoisotopic (exact) mass is 846 g/mol. The molecule has 1 aromatic carbocycles. The second-order valence-electron chi connectivity index (χ2n) is 18.2. The molecule has 2 unspecified atom stereocenters. The molecule has 2 rings (SSSR count). The van der Waals surface area contributed by atoms with Crippen LogP contribution in [0.2, 0.25) is 0 Å². The van der Waals surface area contributed by atoms with E-state index in [-0.39, 0.29) is 48.5 Å². The van der Waals surface area contributed by atoms with Crippen molar-refractivity contribution in [2.45, 2.75) is 129 Å². The smallest absolute Gasteiger partial charge is 0.410 e. The SMILES string of the molecule is CC[C@H](C)[C@@H]([C@@H](CC(=O)N1CCC[C@H]1[C@H](OC)[C@H](C)C(N)C(Cc1ccccc1)C(=O)O)OC)N(C)C(=O)[C@@H](N=C(N(C)C)N(C)CCN(C)C(=O)OC(C)(C)C)C(C)C. The number of benzene rings is 1. The first-order valence-corrected chi connectivity index (χ1v) is 21.5. The van der Waals surface area contributed by atoms with Crippen molar-refractivity contribution in [1.29, 1.82) is 0 Å². The van der Waals surface area contributed by atoms with E-state index in [1.54, 1.807) is 33.2 Å². The Morgan fingerprint density at radius 1 is 0.950 bits per heavy atom. The Balaban J connectivity index is 2.34. The minimum absolute atomic E-state index is 0.0236. The molecule has 9 atom stereocenters. The molecular weight excluding hydrogens is 767 g/mol. The summed E-state index contributed by atoms with van der Waals surface area (Å²) in [4.78, 5) is 68.0. The van der Waals surface area contributed by atoms with Crippen molar-refractivity contribution in [3.05, 3.63) is 35.9 Å². The number of methoxy groups -OCH3 is 2. The summed E-state index contributed by atoms with van der Waals surface area (Å²) in [6, 6.07) is 7.22. The second-order valence-corrected chi connectivity index (χ2v) is 18.2. The number of aliphatic carboxylic acids is 1. The number of carbonyl (C=O) groups excluding carboxylic acids is 3. The molecule has 0 saturated carbocycles. The fraction of sp³-hybridized carbons (Fsp3) is 0.756. The standard InChI is InChI=1S/C45H79N7O8/c1-16-30(4)39(51(13)41(54)38(29(2)3)47-43(48(9)10)49(11)25-26-50(12)44(57)60-45(6,7)8)35(58-14)28-36(53)52-24-20-23-34(52)40(59-15)31(5)37(46)33(42(55)56)27-32-21-18-17-19-22-32/h17-19,21-22,29-31,33-35,37-40H,16,20,23-28,46H2,1-15H3,(H,55,56)/t30-,31+,33?,34-,35+,37?,38-,39-,40+/m0/s1. The first-order chi connectivity index (χ1) is 28.0. The highest BCUT2D eigenvalue weighted by Crippen LogP contribution is 2.32.